The molecular weight excluding hydrogens is 282 g/mol. The lowest BCUT2D eigenvalue weighted by atomic mass is 9.93. The van der Waals surface area contributed by atoms with E-state index in [2.05, 4.69) is 10.6 Å². The average Bonchev–Trinajstić information content (AvgIpc) is 2.85. The predicted octanol–water partition coefficient (Wildman–Crippen LogP) is 0.0933. The number of amides is 3. The van der Waals surface area contributed by atoms with Crippen molar-refractivity contribution >= 4 is 17.7 Å². The maximum atomic E-state index is 12.7. The number of carbonyl (C=O) groups is 3. The molecule has 114 valence electrons. The lowest BCUT2D eigenvalue weighted by Crippen LogP contribution is -2.52. The quantitative estimate of drug-likeness (QED) is 0.721. The molecule has 3 aliphatic heterocycles. The maximum Gasteiger partial charge on any atom is 0.255 e. The number of imide groups is 1. The van der Waals surface area contributed by atoms with E-state index >= 15 is 0 Å². The van der Waals surface area contributed by atoms with E-state index in [4.69, 9.17) is 0 Å². The van der Waals surface area contributed by atoms with Gasteiger partial charge in [0.15, 0.2) is 0 Å². The molecule has 1 aromatic rings. The van der Waals surface area contributed by atoms with Crippen molar-refractivity contribution in [1.29, 1.82) is 0 Å². The highest BCUT2D eigenvalue weighted by atomic mass is 16.2. The second-order valence-corrected chi connectivity index (χ2v) is 6.06. The summed E-state index contributed by atoms with van der Waals surface area (Å²) in [6, 6.07) is 3.34. The second-order valence-electron chi connectivity index (χ2n) is 6.06. The van der Waals surface area contributed by atoms with Gasteiger partial charge in [-0.25, -0.2) is 0 Å². The summed E-state index contributed by atoms with van der Waals surface area (Å²) >= 11 is 0. The molecule has 0 unspecified atom stereocenters. The van der Waals surface area contributed by atoms with E-state index in [1.54, 1.807) is 4.90 Å². The van der Waals surface area contributed by atoms with Crippen LogP contribution in [0, 0.1) is 0 Å². The zero-order chi connectivity index (χ0) is 15.3. The highest BCUT2D eigenvalue weighted by Gasteiger charge is 2.40. The third-order valence-corrected chi connectivity index (χ3v) is 4.80. The Balaban J connectivity index is 1.67. The molecule has 0 aromatic heterocycles. The van der Waals surface area contributed by atoms with Crippen LogP contribution in [0.4, 0.5) is 0 Å². The first kappa shape index (κ1) is 13.5. The van der Waals surface area contributed by atoms with E-state index < -0.39 is 6.04 Å². The minimum atomic E-state index is -0.532. The Hall–Kier alpha value is -2.21. The molecule has 3 heterocycles. The Bertz CT molecular complexity index is 698. The van der Waals surface area contributed by atoms with Gasteiger partial charge in [-0.05, 0) is 42.1 Å². The fraction of sp³-hybridized carbons (Fsp3) is 0.438. The van der Waals surface area contributed by atoms with Crippen molar-refractivity contribution in [2.24, 2.45) is 0 Å². The van der Waals surface area contributed by atoms with Crippen LogP contribution in [0.15, 0.2) is 12.1 Å². The van der Waals surface area contributed by atoms with E-state index in [-0.39, 0.29) is 17.7 Å². The molecule has 2 N–H and O–H groups in total. The summed E-state index contributed by atoms with van der Waals surface area (Å²) in [5.74, 6) is -0.701. The molecule has 6 nitrogen and oxygen atoms in total. The molecule has 1 fully saturated rings. The van der Waals surface area contributed by atoms with E-state index in [0.717, 1.165) is 25.1 Å². The van der Waals surface area contributed by atoms with E-state index in [9.17, 15) is 14.4 Å². The molecule has 22 heavy (non-hydrogen) atoms. The summed E-state index contributed by atoms with van der Waals surface area (Å²) in [7, 11) is 0. The van der Waals surface area contributed by atoms with Gasteiger partial charge in [0.2, 0.25) is 11.8 Å². The van der Waals surface area contributed by atoms with Gasteiger partial charge in [-0.3, -0.25) is 19.7 Å². The smallest absolute Gasteiger partial charge is 0.255 e. The number of hydrogen-bond acceptors (Lipinski definition) is 4. The number of rotatable bonds is 1. The van der Waals surface area contributed by atoms with Crippen molar-refractivity contribution < 1.29 is 14.4 Å². The number of carbonyl (C=O) groups excluding carboxylic acids is 3. The number of fused-ring (bicyclic) bond motifs is 3. The predicted molar refractivity (Wildman–Crippen MR) is 77.9 cm³/mol. The third kappa shape index (κ3) is 1.94. The fourth-order valence-corrected chi connectivity index (χ4v) is 3.66. The molecule has 4 rings (SSSR count). The molecule has 0 radical (unpaired) electrons. The van der Waals surface area contributed by atoms with Crippen LogP contribution in [0.3, 0.4) is 0 Å². The van der Waals surface area contributed by atoms with Crippen LogP contribution in [0.1, 0.15) is 39.9 Å². The first-order valence-corrected chi connectivity index (χ1v) is 7.64. The molecule has 0 aliphatic carbocycles. The van der Waals surface area contributed by atoms with E-state index in [1.807, 2.05) is 12.1 Å². The average molecular weight is 299 g/mol. The molecule has 1 atom stereocenters. The lowest BCUT2D eigenvalue weighted by molar-refractivity contribution is -0.136. The largest absolute Gasteiger partial charge is 0.322 e. The first-order chi connectivity index (χ1) is 10.6. The SMILES string of the molecule is O=C1CC[C@H](N2Cc3c(ccc4c3CCNC4)C2=O)C(=O)N1. The second kappa shape index (κ2) is 4.91. The van der Waals surface area contributed by atoms with E-state index in [0.29, 0.717) is 24.9 Å². The van der Waals surface area contributed by atoms with Gasteiger partial charge in [0.1, 0.15) is 6.04 Å². The van der Waals surface area contributed by atoms with Gasteiger partial charge < -0.3 is 10.2 Å². The van der Waals surface area contributed by atoms with Crippen molar-refractivity contribution in [3.8, 4) is 0 Å². The number of piperidine rings is 1. The van der Waals surface area contributed by atoms with Crippen molar-refractivity contribution in [3.63, 3.8) is 0 Å². The van der Waals surface area contributed by atoms with Gasteiger partial charge >= 0.3 is 0 Å². The summed E-state index contributed by atoms with van der Waals surface area (Å²) in [6.45, 7) is 2.22. The fourth-order valence-electron chi connectivity index (χ4n) is 3.66. The molecule has 0 bridgehead atoms. The molecule has 0 saturated carbocycles. The Labute approximate surface area is 127 Å². The standard InChI is InChI=1S/C16H17N3O3/c20-14-4-3-13(15(21)18-14)19-8-12-10-5-6-17-7-9(10)1-2-11(12)16(19)22/h1-2,13,17H,3-8H2,(H,18,20,21)/t13-/m0/s1. The van der Waals surface area contributed by atoms with E-state index in [1.165, 1.54) is 11.1 Å². The number of hydrogen-bond donors (Lipinski definition) is 2. The van der Waals surface area contributed by atoms with Gasteiger partial charge in [0, 0.05) is 25.1 Å². The Kier molecular flexibility index (Phi) is 3.00. The minimum Gasteiger partial charge on any atom is -0.322 e. The molecule has 0 spiro atoms. The molecule has 1 saturated heterocycles. The number of benzene rings is 1. The summed E-state index contributed by atoms with van der Waals surface area (Å²) in [5.41, 5.74) is 4.27. The van der Waals surface area contributed by atoms with Gasteiger partial charge in [-0.1, -0.05) is 6.07 Å². The summed E-state index contributed by atoms with van der Waals surface area (Å²) in [6.07, 6.45) is 1.61. The molecule has 3 aliphatic rings. The normalized spacial score (nSPS) is 24.1. The van der Waals surface area contributed by atoms with Crippen molar-refractivity contribution in [1.82, 2.24) is 15.5 Å². The van der Waals surface area contributed by atoms with Crippen LogP contribution in [0.5, 0.6) is 0 Å². The third-order valence-electron chi connectivity index (χ3n) is 4.80. The van der Waals surface area contributed by atoms with Crippen LogP contribution in [0.2, 0.25) is 0 Å². The Morgan fingerprint density at radius 1 is 1.09 bits per heavy atom. The Morgan fingerprint density at radius 3 is 2.77 bits per heavy atom. The number of nitrogens with one attached hydrogen (secondary N) is 2. The molecule has 6 heteroatoms. The van der Waals surface area contributed by atoms with Crippen molar-refractivity contribution in [3.05, 3.63) is 34.4 Å². The van der Waals surface area contributed by atoms with Crippen molar-refractivity contribution in [2.75, 3.05) is 6.54 Å². The Morgan fingerprint density at radius 2 is 1.95 bits per heavy atom. The highest BCUT2D eigenvalue weighted by molar-refractivity contribution is 6.05. The number of nitrogens with zero attached hydrogens (tertiary/aromatic N) is 1. The van der Waals surface area contributed by atoms with Crippen LogP contribution in [-0.2, 0) is 29.1 Å². The highest BCUT2D eigenvalue weighted by Crippen LogP contribution is 2.32. The van der Waals surface area contributed by atoms with Gasteiger partial charge in [0.05, 0.1) is 0 Å². The van der Waals surface area contributed by atoms with Crippen LogP contribution >= 0.6 is 0 Å². The summed E-state index contributed by atoms with van der Waals surface area (Å²) in [5, 5.41) is 5.66. The van der Waals surface area contributed by atoms with Crippen molar-refractivity contribution in [2.45, 2.75) is 38.4 Å². The monoisotopic (exact) mass is 299 g/mol. The topological polar surface area (TPSA) is 78.5 Å². The molecule has 3 amide bonds. The minimum absolute atomic E-state index is 0.0918. The van der Waals surface area contributed by atoms with Crippen LogP contribution < -0.4 is 10.6 Å². The summed E-state index contributed by atoms with van der Waals surface area (Å²) < 4.78 is 0. The molecule has 1 aromatic carbocycles. The zero-order valence-electron chi connectivity index (χ0n) is 12.1. The summed E-state index contributed by atoms with van der Waals surface area (Å²) in [4.78, 5) is 37.6. The van der Waals surface area contributed by atoms with Crippen LogP contribution in [0.25, 0.3) is 0 Å². The van der Waals surface area contributed by atoms with Crippen LogP contribution in [-0.4, -0.2) is 35.2 Å². The van der Waals surface area contributed by atoms with Gasteiger partial charge in [-0.2, -0.15) is 0 Å². The zero-order valence-corrected chi connectivity index (χ0v) is 12.1. The molecular formula is C16H17N3O3. The lowest BCUT2D eigenvalue weighted by Gasteiger charge is -2.29. The van der Waals surface area contributed by atoms with Gasteiger partial charge in [-0.15, -0.1) is 0 Å². The maximum absolute atomic E-state index is 12.7. The van der Waals surface area contributed by atoms with Gasteiger partial charge in [0.25, 0.3) is 5.91 Å². The first-order valence-electron chi connectivity index (χ1n) is 7.64.